The van der Waals surface area contributed by atoms with Gasteiger partial charge in [-0.05, 0) is 53.8 Å². The molecule has 0 spiro atoms. The third-order valence-electron chi connectivity index (χ3n) is 2.76. The average molecular weight is 319 g/mol. The van der Waals surface area contributed by atoms with E-state index in [4.69, 9.17) is 5.73 Å². The van der Waals surface area contributed by atoms with Gasteiger partial charge in [-0.15, -0.1) is 11.3 Å². The third-order valence-corrected chi connectivity index (χ3v) is 4.44. The lowest BCUT2D eigenvalue weighted by molar-refractivity contribution is 0.251. The second-order valence-electron chi connectivity index (χ2n) is 5.16. The molecule has 2 N–H and O–H groups in total. The molecule has 1 aromatic heterocycles. The monoisotopic (exact) mass is 318 g/mol. The van der Waals surface area contributed by atoms with Gasteiger partial charge in [0, 0.05) is 27.8 Å². The van der Waals surface area contributed by atoms with E-state index in [2.05, 4.69) is 53.2 Å². The van der Waals surface area contributed by atoms with E-state index in [-0.39, 0.29) is 0 Å². The Morgan fingerprint density at radius 2 is 2.18 bits per heavy atom. The van der Waals surface area contributed by atoms with Gasteiger partial charge in [0.25, 0.3) is 0 Å². The molecule has 0 bridgehead atoms. The minimum atomic E-state index is 0.614. The molecule has 0 saturated heterocycles. The van der Waals surface area contributed by atoms with Crippen LogP contribution in [0.5, 0.6) is 0 Å². The molecule has 0 saturated carbocycles. The van der Waals surface area contributed by atoms with Crippen molar-refractivity contribution in [1.82, 2.24) is 4.90 Å². The van der Waals surface area contributed by atoms with E-state index in [1.54, 1.807) is 11.3 Å². The number of rotatable bonds is 7. The first-order chi connectivity index (χ1) is 8.01. The van der Waals surface area contributed by atoms with Crippen molar-refractivity contribution in [3.8, 4) is 0 Å². The largest absolute Gasteiger partial charge is 0.330 e. The van der Waals surface area contributed by atoms with E-state index >= 15 is 0 Å². The van der Waals surface area contributed by atoms with Crippen molar-refractivity contribution < 1.29 is 0 Å². The average Bonchev–Trinajstić information content (AvgIpc) is 2.62. The quantitative estimate of drug-likeness (QED) is 0.832. The number of nitrogens with two attached hydrogens (primary N) is 1. The molecule has 98 valence electrons. The summed E-state index contributed by atoms with van der Waals surface area (Å²) in [5, 5.41) is 2.14. The SMILES string of the molecule is CC(C)CC(CN)CN(C)Cc1cc(Br)cs1. The summed E-state index contributed by atoms with van der Waals surface area (Å²) in [6.07, 6.45) is 1.22. The molecule has 4 heteroatoms. The van der Waals surface area contributed by atoms with Crippen LogP contribution in [0.4, 0.5) is 0 Å². The fraction of sp³-hybridized carbons (Fsp3) is 0.692. The second-order valence-corrected chi connectivity index (χ2v) is 7.07. The normalized spacial score (nSPS) is 13.6. The lowest BCUT2D eigenvalue weighted by Crippen LogP contribution is -2.30. The molecule has 1 rings (SSSR count). The van der Waals surface area contributed by atoms with Gasteiger partial charge in [0.05, 0.1) is 0 Å². The van der Waals surface area contributed by atoms with Crippen LogP contribution in [0.15, 0.2) is 15.9 Å². The van der Waals surface area contributed by atoms with Crippen molar-refractivity contribution in [1.29, 1.82) is 0 Å². The van der Waals surface area contributed by atoms with Gasteiger partial charge in [0.1, 0.15) is 0 Å². The Kier molecular flexibility index (Phi) is 6.70. The predicted molar refractivity (Wildman–Crippen MR) is 80.4 cm³/mol. The molecule has 0 radical (unpaired) electrons. The van der Waals surface area contributed by atoms with E-state index < -0.39 is 0 Å². The maximum Gasteiger partial charge on any atom is 0.0325 e. The zero-order valence-corrected chi connectivity index (χ0v) is 13.4. The summed E-state index contributed by atoms with van der Waals surface area (Å²) in [5.74, 6) is 1.34. The lowest BCUT2D eigenvalue weighted by Gasteiger charge is -2.23. The molecule has 0 aliphatic carbocycles. The summed E-state index contributed by atoms with van der Waals surface area (Å²) in [5.41, 5.74) is 5.84. The summed E-state index contributed by atoms with van der Waals surface area (Å²) in [4.78, 5) is 3.78. The Balaban J connectivity index is 2.39. The molecule has 0 fully saturated rings. The minimum absolute atomic E-state index is 0.614. The van der Waals surface area contributed by atoms with Gasteiger partial charge in [-0.2, -0.15) is 0 Å². The summed E-state index contributed by atoms with van der Waals surface area (Å²) in [6, 6.07) is 2.20. The van der Waals surface area contributed by atoms with Crippen molar-refractivity contribution in [2.24, 2.45) is 17.6 Å². The van der Waals surface area contributed by atoms with Gasteiger partial charge < -0.3 is 10.6 Å². The molecule has 0 aromatic carbocycles. The summed E-state index contributed by atoms with van der Waals surface area (Å²) in [6.45, 7) is 7.42. The van der Waals surface area contributed by atoms with Crippen LogP contribution < -0.4 is 5.73 Å². The highest BCUT2D eigenvalue weighted by atomic mass is 79.9. The van der Waals surface area contributed by atoms with Gasteiger partial charge in [-0.1, -0.05) is 13.8 Å². The van der Waals surface area contributed by atoms with Crippen LogP contribution in [0.25, 0.3) is 0 Å². The van der Waals surface area contributed by atoms with E-state index in [1.807, 2.05) is 0 Å². The van der Waals surface area contributed by atoms with E-state index in [1.165, 1.54) is 15.8 Å². The van der Waals surface area contributed by atoms with Crippen LogP contribution in [-0.2, 0) is 6.54 Å². The number of halogens is 1. The zero-order valence-electron chi connectivity index (χ0n) is 10.9. The molecule has 0 amide bonds. The standard InChI is InChI=1S/C13H23BrN2S/c1-10(2)4-11(6-15)7-16(3)8-13-5-12(14)9-17-13/h5,9-11H,4,6-8,15H2,1-3H3. The van der Waals surface area contributed by atoms with Crippen LogP contribution in [0, 0.1) is 11.8 Å². The number of nitrogens with zero attached hydrogens (tertiary/aromatic N) is 1. The first-order valence-electron chi connectivity index (χ1n) is 6.12. The molecule has 0 aliphatic rings. The summed E-state index contributed by atoms with van der Waals surface area (Å²) in [7, 11) is 2.18. The van der Waals surface area contributed by atoms with Gasteiger partial charge in [0.2, 0.25) is 0 Å². The number of thiophene rings is 1. The molecular weight excluding hydrogens is 296 g/mol. The molecule has 2 nitrogen and oxygen atoms in total. The van der Waals surface area contributed by atoms with Crippen molar-refractivity contribution in [3.05, 3.63) is 20.8 Å². The van der Waals surface area contributed by atoms with Crippen molar-refractivity contribution in [2.45, 2.75) is 26.8 Å². The zero-order chi connectivity index (χ0) is 12.8. The smallest absolute Gasteiger partial charge is 0.0325 e. The number of hydrogen-bond acceptors (Lipinski definition) is 3. The van der Waals surface area contributed by atoms with E-state index in [0.29, 0.717) is 5.92 Å². The first kappa shape index (κ1) is 15.2. The van der Waals surface area contributed by atoms with Crippen LogP contribution in [0.3, 0.4) is 0 Å². The van der Waals surface area contributed by atoms with Gasteiger partial charge >= 0.3 is 0 Å². The molecule has 1 unspecified atom stereocenters. The molecular formula is C13H23BrN2S. The van der Waals surface area contributed by atoms with Gasteiger partial charge in [-0.25, -0.2) is 0 Å². The topological polar surface area (TPSA) is 29.3 Å². The van der Waals surface area contributed by atoms with Gasteiger partial charge in [-0.3, -0.25) is 0 Å². The first-order valence-corrected chi connectivity index (χ1v) is 7.80. The predicted octanol–water partition coefficient (Wildman–Crippen LogP) is 3.56. The highest BCUT2D eigenvalue weighted by Gasteiger charge is 2.12. The minimum Gasteiger partial charge on any atom is -0.330 e. The maximum absolute atomic E-state index is 5.84. The molecule has 1 atom stereocenters. The Morgan fingerprint density at radius 1 is 1.47 bits per heavy atom. The summed E-state index contributed by atoms with van der Waals surface area (Å²) < 4.78 is 1.18. The highest BCUT2D eigenvalue weighted by Crippen LogP contribution is 2.21. The number of hydrogen-bond donors (Lipinski definition) is 1. The highest BCUT2D eigenvalue weighted by molar-refractivity contribution is 9.10. The maximum atomic E-state index is 5.84. The molecule has 1 heterocycles. The lowest BCUT2D eigenvalue weighted by atomic mass is 9.97. The molecule has 0 aliphatic heterocycles. The Morgan fingerprint density at radius 3 is 2.65 bits per heavy atom. The Bertz CT molecular complexity index is 325. The second kappa shape index (κ2) is 7.52. The third kappa shape index (κ3) is 6.00. The van der Waals surface area contributed by atoms with Crippen LogP contribution >= 0.6 is 27.3 Å². The van der Waals surface area contributed by atoms with Crippen molar-refractivity contribution in [2.75, 3.05) is 20.1 Å². The Hall–Kier alpha value is 0.1000. The van der Waals surface area contributed by atoms with E-state index in [0.717, 1.165) is 25.6 Å². The molecule has 1 aromatic rings. The Labute approximate surface area is 117 Å². The summed E-state index contributed by atoms with van der Waals surface area (Å²) >= 11 is 5.30. The van der Waals surface area contributed by atoms with Crippen LogP contribution in [-0.4, -0.2) is 25.0 Å². The van der Waals surface area contributed by atoms with Crippen LogP contribution in [0.2, 0.25) is 0 Å². The van der Waals surface area contributed by atoms with Gasteiger partial charge in [0.15, 0.2) is 0 Å². The van der Waals surface area contributed by atoms with Crippen molar-refractivity contribution >= 4 is 27.3 Å². The fourth-order valence-corrected chi connectivity index (χ4v) is 3.65. The van der Waals surface area contributed by atoms with E-state index in [9.17, 15) is 0 Å². The fourth-order valence-electron chi connectivity index (χ4n) is 2.12. The van der Waals surface area contributed by atoms with Crippen LogP contribution in [0.1, 0.15) is 25.1 Å². The molecule has 17 heavy (non-hydrogen) atoms. The van der Waals surface area contributed by atoms with Crippen molar-refractivity contribution in [3.63, 3.8) is 0 Å².